The van der Waals surface area contributed by atoms with Gasteiger partial charge in [-0.15, -0.1) is 0 Å². The first-order valence-electron chi connectivity index (χ1n) is 9.98. The molecule has 2 aliphatic heterocycles. The maximum absolute atomic E-state index is 13.1. The highest BCUT2D eigenvalue weighted by atomic mass is 16.2. The lowest BCUT2D eigenvalue weighted by atomic mass is 10.2. The molecule has 0 N–H and O–H groups in total. The zero-order valence-corrected chi connectivity index (χ0v) is 16.7. The zero-order chi connectivity index (χ0) is 19.5. The number of amides is 1. The summed E-state index contributed by atoms with van der Waals surface area (Å²) < 4.78 is 0. The fourth-order valence-corrected chi connectivity index (χ4v) is 3.78. The van der Waals surface area contributed by atoms with Gasteiger partial charge in [-0.2, -0.15) is 0 Å². The summed E-state index contributed by atoms with van der Waals surface area (Å²) in [4.78, 5) is 31.0. The van der Waals surface area contributed by atoms with Crippen molar-refractivity contribution in [1.82, 2.24) is 19.8 Å². The Balaban J connectivity index is 1.43. The number of benzene rings is 1. The maximum Gasteiger partial charge on any atom is 0.272 e. The minimum atomic E-state index is 0.00795. The number of para-hydroxylation sites is 1. The average Bonchev–Trinajstić information content (AvgIpc) is 2.74. The van der Waals surface area contributed by atoms with Crippen LogP contribution in [0.4, 0.5) is 11.6 Å². The zero-order valence-electron chi connectivity index (χ0n) is 16.7. The smallest absolute Gasteiger partial charge is 0.272 e. The molecule has 0 radical (unpaired) electrons. The number of piperazine rings is 2. The lowest BCUT2D eigenvalue weighted by Gasteiger charge is -2.36. The van der Waals surface area contributed by atoms with Crippen LogP contribution < -0.4 is 9.80 Å². The van der Waals surface area contributed by atoms with Gasteiger partial charge in [0.15, 0.2) is 0 Å². The van der Waals surface area contributed by atoms with Crippen molar-refractivity contribution in [3.8, 4) is 0 Å². The molecule has 4 rings (SSSR count). The number of hydrogen-bond acceptors (Lipinski definition) is 6. The van der Waals surface area contributed by atoms with Gasteiger partial charge in [0, 0.05) is 63.7 Å². The van der Waals surface area contributed by atoms with Gasteiger partial charge in [0.1, 0.15) is 5.69 Å². The summed E-state index contributed by atoms with van der Waals surface area (Å²) in [5.41, 5.74) is 2.56. The summed E-state index contributed by atoms with van der Waals surface area (Å²) >= 11 is 0. The van der Waals surface area contributed by atoms with E-state index in [9.17, 15) is 4.79 Å². The fraction of sp³-hybridized carbons (Fsp3) is 0.476. The van der Waals surface area contributed by atoms with Gasteiger partial charge in [-0.05, 0) is 32.2 Å². The molecule has 148 valence electrons. The van der Waals surface area contributed by atoms with Gasteiger partial charge in [-0.1, -0.05) is 18.2 Å². The fourth-order valence-electron chi connectivity index (χ4n) is 3.78. The normalized spacial score (nSPS) is 18.4. The number of carbonyl (C=O) groups is 1. The van der Waals surface area contributed by atoms with Gasteiger partial charge >= 0.3 is 0 Å². The molecule has 2 saturated heterocycles. The van der Waals surface area contributed by atoms with Crippen LogP contribution in [-0.2, 0) is 0 Å². The van der Waals surface area contributed by atoms with Crippen LogP contribution in [0.15, 0.2) is 36.4 Å². The number of aryl methyl sites for hydroxylation is 1. The second-order valence-corrected chi connectivity index (χ2v) is 7.60. The Hall–Kier alpha value is -2.67. The van der Waals surface area contributed by atoms with Crippen molar-refractivity contribution in [2.45, 2.75) is 6.92 Å². The van der Waals surface area contributed by atoms with Gasteiger partial charge < -0.3 is 19.6 Å². The Morgan fingerprint density at radius 1 is 0.857 bits per heavy atom. The molecule has 2 aromatic rings. The standard InChI is InChI=1S/C21H28N6O/c1-17-16-19(23-21(22-17)27-10-8-24(2)9-11-27)20(28)26-14-12-25(13-15-26)18-6-4-3-5-7-18/h3-7,16H,8-15H2,1-2H3. The topological polar surface area (TPSA) is 55.8 Å². The molecule has 28 heavy (non-hydrogen) atoms. The molecule has 2 aliphatic rings. The van der Waals surface area contributed by atoms with E-state index in [1.807, 2.05) is 24.0 Å². The van der Waals surface area contributed by atoms with Crippen LogP contribution >= 0.6 is 0 Å². The summed E-state index contributed by atoms with van der Waals surface area (Å²) in [5, 5.41) is 0. The highest BCUT2D eigenvalue weighted by Gasteiger charge is 2.25. The minimum Gasteiger partial charge on any atom is -0.368 e. The van der Waals surface area contributed by atoms with Crippen LogP contribution in [0.25, 0.3) is 0 Å². The van der Waals surface area contributed by atoms with Gasteiger partial charge in [0.05, 0.1) is 0 Å². The molecular formula is C21H28N6O. The van der Waals surface area contributed by atoms with E-state index < -0.39 is 0 Å². The van der Waals surface area contributed by atoms with Crippen molar-refractivity contribution in [1.29, 1.82) is 0 Å². The summed E-state index contributed by atoms with van der Waals surface area (Å²) in [7, 11) is 2.12. The molecule has 0 atom stereocenters. The molecular weight excluding hydrogens is 352 g/mol. The van der Waals surface area contributed by atoms with E-state index in [0.717, 1.165) is 45.0 Å². The molecule has 1 aromatic carbocycles. The van der Waals surface area contributed by atoms with E-state index in [1.165, 1.54) is 5.69 Å². The number of anilines is 2. The maximum atomic E-state index is 13.1. The lowest BCUT2D eigenvalue weighted by molar-refractivity contribution is 0.0740. The third kappa shape index (κ3) is 4.09. The molecule has 1 aromatic heterocycles. The lowest BCUT2D eigenvalue weighted by Crippen LogP contribution is -2.49. The summed E-state index contributed by atoms with van der Waals surface area (Å²) in [6.07, 6.45) is 0. The molecule has 3 heterocycles. The Labute approximate surface area is 166 Å². The quantitative estimate of drug-likeness (QED) is 0.804. The van der Waals surface area contributed by atoms with Crippen LogP contribution in [-0.4, -0.2) is 85.1 Å². The van der Waals surface area contributed by atoms with Crippen LogP contribution in [0.3, 0.4) is 0 Å². The first kappa shape index (κ1) is 18.7. The van der Waals surface area contributed by atoms with Crippen molar-refractivity contribution >= 4 is 17.5 Å². The van der Waals surface area contributed by atoms with E-state index in [1.54, 1.807) is 0 Å². The molecule has 0 unspecified atom stereocenters. The first-order chi connectivity index (χ1) is 13.6. The highest BCUT2D eigenvalue weighted by Crippen LogP contribution is 2.18. The van der Waals surface area contributed by atoms with E-state index in [4.69, 9.17) is 0 Å². The Bertz CT molecular complexity index is 811. The largest absolute Gasteiger partial charge is 0.368 e. The Morgan fingerprint density at radius 2 is 1.50 bits per heavy atom. The second-order valence-electron chi connectivity index (χ2n) is 7.60. The van der Waals surface area contributed by atoms with Crippen molar-refractivity contribution in [3.05, 3.63) is 47.8 Å². The molecule has 2 fully saturated rings. The van der Waals surface area contributed by atoms with E-state index in [2.05, 4.69) is 56.0 Å². The predicted octanol–water partition coefficient (Wildman–Crippen LogP) is 1.50. The highest BCUT2D eigenvalue weighted by molar-refractivity contribution is 5.93. The van der Waals surface area contributed by atoms with Gasteiger partial charge in [0.2, 0.25) is 5.95 Å². The molecule has 0 spiro atoms. The molecule has 7 heteroatoms. The van der Waals surface area contributed by atoms with E-state index in [-0.39, 0.29) is 5.91 Å². The van der Waals surface area contributed by atoms with Crippen molar-refractivity contribution < 1.29 is 4.79 Å². The number of likely N-dealkylation sites (N-methyl/N-ethyl adjacent to an activating group) is 1. The third-order valence-electron chi connectivity index (χ3n) is 5.54. The molecule has 1 amide bonds. The van der Waals surface area contributed by atoms with Crippen molar-refractivity contribution in [2.24, 2.45) is 0 Å². The van der Waals surface area contributed by atoms with Crippen LogP contribution in [0.1, 0.15) is 16.2 Å². The van der Waals surface area contributed by atoms with E-state index in [0.29, 0.717) is 24.7 Å². The first-order valence-corrected chi connectivity index (χ1v) is 9.98. The van der Waals surface area contributed by atoms with Gasteiger partial charge in [-0.3, -0.25) is 4.79 Å². The number of hydrogen-bond donors (Lipinski definition) is 0. The van der Waals surface area contributed by atoms with Crippen molar-refractivity contribution in [3.63, 3.8) is 0 Å². The second kappa shape index (κ2) is 8.14. The summed E-state index contributed by atoms with van der Waals surface area (Å²) in [6.45, 7) is 8.79. The monoisotopic (exact) mass is 380 g/mol. The SMILES string of the molecule is Cc1cc(C(=O)N2CCN(c3ccccc3)CC2)nc(N2CCN(C)CC2)n1. The van der Waals surface area contributed by atoms with Gasteiger partial charge in [0.25, 0.3) is 5.91 Å². The summed E-state index contributed by atoms with van der Waals surface area (Å²) in [5.74, 6) is 0.688. The molecule has 0 aliphatic carbocycles. The van der Waals surface area contributed by atoms with Gasteiger partial charge in [-0.25, -0.2) is 9.97 Å². The average molecular weight is 380 g/mol. The number of aromatic nitrogens is 2. The number of carbonyl (C=O) groups excluding carboxylic acids is 1. The summed E-state index contributed by atoms with van der Waals surface area (Å²) in [6, 6.07) is 12.2. The van der Waals surface area contributed by atoms with E-state index >= 15 is 0 Å². The third-order valence-corrected chi connectivity index (χ3v) is 5.54. The molecule has 0 bridgehead atoms. The van der Waals surface area contributed by atoms with Crippen LogP contribution in [0.5, 0.6) is 0 Å². The van der Waals surface area contributed by atoms with Crippen LogP contribution in [0, 0.1) is 6.92 Å². The van der Waals surface area contributed by atoms with Crippen LogP contribution in [0.2, 0.25) is 0 Å². The number of rotatable bonds is 3. The Kier molecular flexibility index (Phi) is 5.43. The molecule has 0 saturated carbocycles. The van der Waals surface area contributed by atoms with Crippen molar-refractivity contribution in [2.75, 3.05) is 69.2 Å². The predicted molar refractivity (Wildman–Crippen MR) is 111 cm³/mol. The molecule has 7 nitrogen and oxygen atoms in total. The minimum absolute atomic E-state index is 0.00795. The Morgan fingerprint density at radius 3 is 2.18 bits per heavy atom. The number of nitrogens with zero attached hydrogens (tertiary/aromatic N) is 6.